The molecule has 0 radical (unpaired) electrons. The summed E-state index contributed by atoms with van der Waals surface area (Å²) in [6.07, 6.45) is -3.61. The Balaban J connectivity index is 1.60. The molecule has 1 amide bonds. The van der Waals surface area contributed by atoms with E-state index in [0.717, 1.165) is 27.3 Å². The highest BCUT2D eigenvalue weighted by Crippen LogP contribution is 2.41. The van der Waals surface area contributed by atoms with Gasteiger partial charge in [-0.25, -0.2) is 14.2 Å². The third kappa shape index (κ3) is 5.75. The van der Waals surface area contributed by atoms with E-state index >= 15 is 4.39 Å². The van der Waals surface area contributed by atoms with Crippen LogP contribution in [0.5, 0.6) is 11.5 Å². The van der Waals surface area contributed by atoms with Gasteiger partial charge >= 0.3 is 11.9 Å². The molecule has 5 aromatic rings. The number of fused-ring (bicyclic) bond motifs is 1. The second-order valence-corrected chi connectivity index (χ2v) is 9.27. The van der Waals surface area contributed by atoms with Crippen molar-refractivity contribution in [2.24, 2.45) is 7.05 Å². The number of aromatic nitrogens is 5. The van der Waals surface area contributed by atoms with Crippen molar-refractivity contribution >= 4 is 22.6 Å². The second-order valence-electron chi connectivity index (χ2n) is 9.27. The van der Waals surface area contributed by atoms with Crippen molar-refractivity contribution in [2.75, 3.05) is 12.4 Å². The van der Waals surface area contributed by atoms with Crippen LogP contribution in [0.25, 0.3) is 22.2 Å². The number of rotatable bonds is 8. The first-order chi connectivity index (χ1) is 20.5. The molecule has 15 heteroatoms. The van der Waals surface area contributed by atoms with Crippen LogP contribution in [0.2, 0.25) is 0 Å². The fourth-order valence-corrected chi connectivity index (χ4v) is 4.56. The van der Waals surface area contributed by atoms with Crippen molar-refractivity contribution in [3.63, 3.8) is 0 Å². The van der Waals surface area contributed by atoms with E-state index < -0.39 is 35.7 Å². The number of halogens is 4. The zero-order valence-electron chi connectivity index (χ0n) is 22.5. The summed E-state index contributed by atoms with van der Waals surface area (Å²) in [4.78, 5) is 30.0. The molecule has 0 fully saturated rings. The smallest absolute Gasteiger partial charge is 0.416 e. The van der Waals surface area contributed by atoms with Gasteiger partial charge in [-0.05, 0) is 48.0 Å². The van der Waals surface area contributed by atoms with Crippen LogP contribution in [-0.4, -0.2) is 37.3 Å². The van der Waals surface area contributed by atoms with E-state index in [0.29, 0.717) is 5.82 Å². The number of alkyl halides is 3. The molecule has 0 unspecified atom stereocenters. The van der Waals surface area contributed by atoms with E-state index in [9.17, 15) is 22.8 Å². The minimum Gasteiger partial charge on any atom is -0.493 e. The highest BCUT2D eigenvalue weighted by Gasteiger charge is 2.33. The van der Waals surface area contributed by atoms with Gasteiger partial charge in [0.15, 0.2) is 23.1 Å². The highest BCUT2D eigenvalue weighted by atomic mass is 19.4. The van der Waals surface area contributed by atoms with Crippen molar-refractivity contribution < 1.29 is 31.8 Å². The molecule has 0 aliphatic carbocycles. The molecule has 2 heterocycles. The maximum atomic E-state index is 15.3. The molecule has 0 aliphatic heterocycles. The molecular formula is C28H21F4N7O4. The Bertz CT molecular complexity index is 1940. The number of anilines is 1. The quantitative estimate of drug-likeness (QED) is 0.254. The first-order valence-electron chi connectivity index (χ1n) is 12.5. The molecule has 0 aliphatic rings. The largest absolute Gasteiger partial charge is 0.493 e. The summed E-state index contributed by atoms with van der Waals surface area (Å²) in [5, 5.41) is 17.9. The predicted octanol–water partition coefficient (Wildman–Crippen LogP) is 4.38. The van der Waals surface area contributed by atoms with Crippen molar-refractivity contribution in [3.05, 3.63) is 88.1 Å². The summed E-state index contributed by atoms with van der Waals surface area (Å²) in [5.41, 5.74) is -1.72. The molecular weight excluding hydrogens is 574 g/mol. The Morgan fingerprint density at radius 2 is 1.98 bits per heavy atom. The second kappa shape index (κ2) is 11.3. The van der Waals surface area contributed by atoms with Crippen LogP contribution in [0.4, 0.5) is 23.2 Å². The van der Waals surface area contributed by atoms with Gasteiger partial charge in [0.25, 0.3) is 0 Å². The maximum absolute atomic E-state index is 15.3. The molecule has 2 aromatic heterocycles. The SMILES string of the molecule is COc1cc(-c2cc(C(F)(F)F)cc3c2n(C)c(=O)n3CC(=O)Nc2cccc(C#N)c2)cc(F)c1OCc1ncn[nH]1. The van der Waals surface area contributed by atoms with Gasteiger partial charge in [-0.15, -0.1) is 0 Å². The topological polar surface area (TPSA) is 140 Å². The summed E-state index contributed by atoms with van der Waals surface area (Å²) in [7, 11) is 2.56. The predicted molar refractivity (Wildman–Crippen MR) is 145 cm³/mol. The van der Waals surface area contributed by atoms with Crippen molar-refractivity contribution in [2.45, 2.75) is 19.3 Å². The summed E-state index contributed by atoms with van der Waals surface area (Å²) in [6, 6.07) is 11.7. The number of carbonyl (C=O) groups is 1. The van der Waals surface area contributed by atoms with Crippen LogP contribution in [0.15, 0.2) is 59.7 Å². The van der Waals surface area contributed by atoms with Gasteiger partial charge < -0.3 is 14.8 Å². The zero-order valence-corrected chi connectivity index (χ0v) is 22.5. The van der Waals surface area contributed by atoms with E-state index in [1.165, 1.54) is 50.8 Å². The summed E-state index contributed by atoms with van der Waals surface area (Å²) in [5.74, 6) is -1.80. The van der Waals surface area contributed by atoms with Crippen LogP contribution >= 0.6 is 0 Å². The van der Waals surface area contributed by atoms with Gasteiger partial charge in [-0.3, -0.25) is 19.0 Å². The summed E-state index contributed by atoms with van der Waals surface area (Å²) < 4.78 is 70.3. The number of carbonyl (C=O) groups excluding carboxylic acids is 1. The van der Waals surface area contributed by atoms with Crippen LogP contribution in [-0.2, 0) is 31.2 Å². The number of nitrogens with zero attached hydrogens (tertiary/aromatic N) is 5. The average Bonchev–Trinajstić information content (AvgIpc) is 3.58. The molecule has 2 N–H and O–H groups in total. The number of aryl methyl sites for hydroxylation is 1. The number of ether oxygens (including phenoxy) is 2. The number of H-pyrrole nitrogens is 1. The Hall–Kier alpha value is -5.65. The molecule has 5 rings (SSSR count). The molecule has 0 atom stereocenters. The Morgan fingerprint density at radius 1 is 1.19 bits per heavy atom. The number of imidazole rings is 1. The van der Waals surface area contributed by atoms with Crippen molar-refractivity contribution in [3.8, 4) is 28.7 Å². The van der Waals surface area contributed by atoms with Crippen LogP contribution in [0, 0.1) is 17.1 Å². The van der Waals surface area contributed by atoms with E-state index in [4.69, 9.17) is 14.7 Å². The van der Waals surface area contributed by atoms with Crippen LogP contribution in [0.1, 0.15) is 17.0 Å². The fourth-order valence-electron chi connectivity index (χ4n) is 4.56. The van der Waals surface area contributed by atoms with Crippen LogP contribution < -0.4 is 20.5 Å². The number of nitrogens with one attached hydrogen (secondary N) is 2. The lowest BCUT2D eigenvalue weighted by molar-refractivity contribution is -0.137. The molecule has 11 nitrogen and oxygen atoms in total. The van der Waals surface area contributed by atoms with E-state index in [1.54, 1.807) is 0 Å². The number of nitriles is 1. The van der Waals surface area contributed by atoms with Gasteiger partial charge in [0, 0.05) is 18.3 Å². The molecule has 43 heavy (non-hydrogen) atoms. The van der Waals surface area contributed by atoms with Gasteiger partial charge in [-0.1, -0.05) is 6.07 Å². The van der Waals surface area contributed by atoms with Crippen molar-refractivity contribution in [1.82, 2.24) is 24.3 Å². The lowest BCUT2D eigenvalue weighted by atomic mass is 9.99. The zero-order chi connectivity index (χ0) is 30.9. The first kappa shape index (κ1) is 28.9. The molecule has 0 bridgehead atoms. The average molecular weight is 596 g/mol. The number of hydrogen-bond acceptors (Lipinski definition) is 7. The van der Waals surface area contributed by atoms with E-state index in [2.05, 4.69) is 20.5 Å². The standard InChI is InChI=1S/C28H21F4N7O4/c1-38-25-19(16-7-20(29)26(22(8-16)42-2)43-13-23-34-14-35-37-23)9-17(28(30,31)32)10-21(25)39(27(38)41)12-24(40)36-18-5-3-4-15(6-18)11-33/h3-10,14H,12-13H2,1-2H3,(H,36,40)(H,34,35,37). The van der Waals surface area contributed by atoms with Crippen molar-refractivity contribution in [1.29, 1.82) is 5.26 Å². The third-order valence-corrected chi connectivity index (χ3v) is 6.50. The van der Waals surface area contributed by atoms with Gasteiger partial charge in [0.05, 0.1) is 35.3 Å². The molecule has 0 spiro atoms. The van der Waals surface area contributed by atoms with Crippen LogP contribution in [0.3, 0.4) is 0 Å². The van der Waals surface area contributed by atoms with E-state index in [-0.39, 0.29) is 51.5 Å². The first-order valence-corrected chi connectivity index (χ1v) is 12.5. The molecule has 220 valence electrons. The lowest BCUT2D eigenvalue weighted by Crippen LogP contribution is -2.28. The maximum Gasteiger partial charge on any atom is 0.416 e. The highest BCUT2D eigenvalue weighted by molar-refractivity contribution is 5.96. The summed E-state index contributed by atoms with van der Waals surface area (Å²) >= 11 is 0. The third-order valence-electron chi connectivity index (χ3n) is 6.50. The minimum absolute atomic E-state index is 0.0223. The van der Waals surface area contributed by atoms with Gasteiger partial charge in [-0.2, -0.15) is 23.5 Å². The Morgan fingerprint density at radius 3 is 2.65 bits per heavy atom. The number of methoxy groups -OCH3 is 1. The normalized spacial score (nSPS) is 11.4. The minimum atomic E-state index is -4.84. The molecule has 0 saturated carbocycles. The van der Waals surface area contributed by atoms with E-state index in [1.807, 2.05) is 6.07 Å². The Kier molecular flexibility index (Phi) is 7.60. The number of hydrogen-bond donors (Lipinski definition) is 2. The fraction of sp³-hybridized carbons (Fsp3) is 0.179. The van der Waals surface area contributed by atoms with Gasteiger partial charge in [0.2, 0.25) is 5.91 Å². The molecule has 3 aromatic carbocycles. The monoisotopic (exact) mass is 595 g/mol. The number of benzene rings is 3. The Labute approximate surface area is 239 Å². The lowest BCUT2D eigenvalue weighted by Gasteiger charge is -2.15. The number of aromatic amines is 1. The summed E-state index contributed by atoms with van der Waals surface area (Å²) in [6.45, 7) is -0.833. The van der Waals surface area contributed by atoms with Gasteiger partial charge in [0.1, 0.15) is 19.5 Å². The number of amides is 1. The molecule has 0 saturated heterocycles.